The predicted octanol–water partition coefficient (Wildman–Crippen LogP) is 2.05. The summed E-state index contributed by atoms with van der Waals surface area (Å²) in [5.41, 5.74) is 0.877. The molecule has 1 N–H and O–H groups in total. The Morgan fingerprint density at radius 2 is 1.77 bits per heavy atom. The number of rotatable bonds is 9. The van der Waals surface area contributed by atoms with Crippen LogP contribution in [0.15, 0.2) is 24.3 Å². The molecule has 0 saturated carbocycles. The second kappa shape index (κ2) is 9.04. The summed E-state index contributed by atoms with van der Waals surface area (Å²) >= 11 is 0. The number of hydrogen-bond donors (Lipinski definition) is 1. The van der Waals surface area contributed by atoms with Gasteiger partial charge in [0.25, 0.3) is 0 Å². The Kier molecular flexibility index (Phi) is 7.39. The summed E-state index contributed by atoms with van der Waals surface area (Å²) in [5, 5.41) is 8.79. The van der Waals surface area contributed by atoms with Crippen LogP contribution in [-0.2, 0) is 25.5 Å². The third-order valence-corrected chi connectivity index (χ3v) is 2.92. The summed E-state index contributed by atoms with van der Waals surface area (Å²) in [4.78, 5) is 22.5. The second-order valence-corrected chi connectivity index (χ2v) is 4.64. The molecule has 122 valence electrons. The molecular weight excluding hydrogens is 288 g/mol. The number of carboxylic acids is 1. The van der Waals surface area contributed by atoms with Crippen molar-refractivity contribution in [3.63, 3.8) is 0 Å². The van der Waals surface area contributed by atoms with Gasteiger partial charge in [-0.3, -0.25) is 0 Å². The maximum absolute atomic E-state index is 11.8. The SMILES string of the molecule is CCOC(=O)[C@H](Cc1ccc(O[C@H](C)C(=O)O)cc1)OCC. The third kappa shape index (κ3) is 5.73. The smallest absolute Gasteiger partial charge is 0.344 e. The van der Waals surface area contributed by atoms with Crippen molar-refractivity contribution in [2.24, 2.45) is 0 Å². The summed E-state index contributed by atoms with van der Waals surface area (Å²) in [7, 11) is 0. The standard InChI is InChI=1S/C16H22O6/c1-4-20-14(16(19)21-5-2)10-12-6-8-13(9-7-12)22-11(3)15(17)18/h6-9,11,14H,4-5,10H2,1-3H3,(H,17,18)/t11-,14+/m1/s1. The molecule has 6 nitrogen and oxygen atoms in total. The van der Waals surface area contributed by atoms with E-state index in [9.17, 15) is 9.59 Å². The molecule has 0 radical (unpaired) electrons. The average Bonchev–Trinajstić information content (AvgIpc) is 2.48. The molecule has 1 aromatic rings. The molecule has 22 heavy (non-hydrogen) atoms. The Bertz CT molecular complexity index is 482. The maximum Gasteiger partial charge on any atom is 0.344 e. The van der Waals surface area contributed by atoms with Crippen LogP contribution in [-0.4, -0.2) is 42.5 Å². The summed E-state index contributed by atoms with van der Waals surface area (Å²) < 4.78 is 15.6. The maximum atomic E-state index is 11.8. The normalized spacial score (nSPS) is 13.2. The minimum atomic E-state index is -1.03. The quantitative estimate of drug-likeness (QED) is 0.703. The van der Waals surface area contributed by atoms with Crippen molar-refractivity contribution in [1.82, 2.24) is 0 Å². The lowest BCUT2D eigenvalue weighted by Crippen LogP contribution is -2.29. The van der Waals surface area contributed by atoms with Crippen LogP contribution in [0.5, 0.6) is 5.75 Å². The van der Waals surface area contributed by atoms with Crippen LogP contribution < -0.4 is 4.74 Å². The Morgan fingerprint density at radius 3 is 2.27 bits per heavy atom. The van der Waals surface area contributed by atoms with E-state index < -0.39 is 18.2 Å². The molecule has 0 saturated heterocycles. The van der Waals surface area contributed by atoms with Gasteiger partial charge in [0.05, 0.1) is 6.61 Å². The summed E-state index contributed by atoms with van der Waals surface area (Å²) in [6.07, 6.45) is -1.17. The number of benzene rings is 1. The summed E-state index contributed by atoms with van der Waals surface area (Å²) in [6, 6.07) is 6.89. The van der Waals surface area contributed by atoms with E-state index in [-0.39, 0.29) is 5.97 Å². The molecule has 0 aromatic heterocycles. The molecule has 0 unspecified atom stereocenters. The van der Waals surface area contributed by atoms with Crippen LogP contribution in [0.3, 0.4) is 0 Å². The molecule has 1 aromatic carbocycles. The Balaban J connectivity index is 2.68. The molecule has 0 spiro atoms. The first-order chi connectivity index (χ1) is 10.5. The molecule has 0 aliphatic rings. The minimum absolute atomic E-state index is 0.308. The lowest BCUT2D eigenvalue weighted by atomic mass is 10.1. The van der Waals surface area contributed by atoms with E-state index in [1.54, 1.807) is 31.2 Å². The van der Waals surface area contributed by atoms with Crippen LogP contribution in [0.1, 0.15) is 26.3 Å². The van der Waals surface area contributed by atoms with Gasteiger partial charge in [0.15, 0.2) is 12.2 Å². The fourth-order valence-corrected chi connectivity index (χ4v) is 1.82. The number of ether oxygens (including phenoxy) is 3. The highest BCUT2D eigenvalue weighted by Gasteiger charge is 2.20. The van der Waals surface area contributed by atoms with E-state index in [4.69, 9.17) is 19.3 Å². The average molecular weight is 310 g/mol. The van der Waals surface area contributed by atoms with Crippen molar-refractivity contribution in [3.05, 3.63) is 29.8 Å². The van der Waals surface area contributed by atoms with E-state index in [0.29, 0.717) is 25.4 Å². The number of hydrogen-bond acceptors (Lipinski definition) is 5. The molecule has 0 aliphatic carbocycles. The number of carboxylic acid groups (broad SMARTS) is 1. The van der Waals surface area contributed by atoms with Gasteiger partial charge in [-0.1, -0.05) is 12.1 Å². The van der Waals surface area contributed by atoms with Crippen LogP contribution in [0.2, 0.25) is 0 Å². The van der Waals surface area contributed by atoms with Gasteiger partial charge >= 0.3 is 11.9 Å². The van der Waals surface area contributed by atoms with Gasteiger partial charge in [0, 0.05) is 13.0 Å². The lowest BCUT2D eigenvalue weighted by Gasteiger charge is -2.16. The van der Waals surface area contributed by atoms with Crippen LogP contribution in [0.25, 0.3) is 0 Å². The second-order valence-electron chi connectivity index (χ2n) is 4.64. The van der Waals surface area contributed by atoms with Gasteiger partial charge < -0.3 is 19.3 Å². The molecule has 0 heterocycles. The highest BCUT2D eigenvalue weighted by atomic mass is 16.6. The minimum Gasteiger partial charge on any atom is -0.479 e. The van der Waals surface area contributed by atoms with E-state index in [0.717, 1.165) is 5.56 Å². The molecule has 0 amide bonds. The van der Waals surface area contributed by atoms with Gasteiger partial charge in [-0.05, 0) is 38.5 Å². The Hall–Kier alpha value is -2.08. The first kappa shape index (κ1) is 18.0. The summed E-state index contributed by atoms with van der Waals surface area (Å²) in [5.74, 6) is -0.949. The first-order valence-corrected chi connectivity index (χ1v) is 7.24. The number of carbonyl (C=O) groups is 2. The van der Waals surface area contributed by atoms with Gasteiger partial charge in [-0.2, -0.15) is 0 Å². The van der Waals surface area contributed by atoms with Gasteiger partial charge in [0.1, 0.15) is 5.75 Å². The highest BCUT2D eigenvalue weighted by Crippen LogP contribution is 2.16. The van der Waals surface area contributed by atoms with Gasteiger partial charge in [-0.25, -0.2) is 9.59 Å². The van der Waals surface area contributed by atoms with Crippen molar-refractivity contribution in [1.29, 1.82) is 0 Å². The lowest BCUT2D eigenvalue weighted by molar-refractivity contribution is -0.156. The molecule has 2 atom stereocenters. The highest BCUT2D eigenvalue weighted by molar-refractivity contribution is 5.75. The fraction of sp³-hybridized carbons (Fsp3) is 0.500. The molecular formula is C16H22O6. The van der Waals surface area contributed by atoms with Crippen molar-refractivity contribution >= 4 is 11.9 Å². The van der Waals surface area contributed by atoms with E-state index >= 15 is 0 Å². The monoisotopic (exact) mass is 310 g/mol. The van der Waals surface area contributed by atoms with Crippen molar-refractivity contribution in [2.45, 2.75) is 39.4 Å². The third-order valence-electron chi connectivity index (χ3n) is 2.92. The van der Waals surface area contributed by atoms with Crippen LogP contribution >= 0.6 is 0 Å². The summed E-state index contributed by atoms with van der Waals surface area (Å²) in [6.45, 7) is 5.75. The zero-order chi connectivity index (χ0) is 16.5. The largest absolute Gasteiger partial charge is 0.479 e. The number of esters is 1. The zero-order valence-corrected chi connectivity index (χ0v) is 13.1. The Labute approximate surface area is 130 Å². The predicted molar refractivity (Wildman–Crippen MR) is 79.9 cm³/mol. The van der Waals surface area contributed by atoms with Crippen LogP contribution in [0.4, 0.5) is 0 Å². The van der Waals surface area contributed by atoms with Gasteiger partial charge in [0.2, 0.25) is 0 Å². The van der Waals surface area contributed by atoms with Gasteiger partial charge in [-0.15, -0.1) is 0 Å². The van der Waals surface area contributed by atoms with Crippen LogP contribution in [0, 0.1) is 0 Å². The topological polar surface area (TPSA) is 82.1 Å². The molecule has 0 aliphatic heterocycles. The first-order valence-electron chi connectivity index (χ1n) is 7.24. The number of carbonyl (C=O) groups excluding carboxylic acids is 1. The number of aliphatic carboxylic acids is 1. The van der Waals surface area contributed by atoms with Crippen molar-refractivity contribution in [3.8, 4) is 5.75 Å². The molecule has 0 fully saturated rings. The molecule has 0 bridgehead atoms. The van der Waals surface area contributed by atoms with E-state index in [1.165, 1.54) is 6.92 Å². The van der Waals surface area contributed by atoms with Crippen molar-refractivity contribution < 1.29 is 28.9 Å². The molecule has 6 heteroatoms. The molecule has 1 rings (SSSR count). The zero-order valence-electron chi connectivity index (χ0n) is 13.1. The fourth-order valence-electron chi connectivity index (χ4n) is 1.82. The Morgan fingerprint density at radius 1 is 1.14 bits per heavy atom. The van der Waals surface area contributed by atoms with E-state index in [1.807, 2.05) is 6.92 Å². The van der Waals surface area contributed by atoms with Crippen molar-refractivity contribution in [2.75, 3.05) is 13.2 Å². The van der Waals surface area contributed by atoms with E-state index in [2.05, 4.69) is 0 Å².